The van der Waals surface area contributed by atoms with Gasteiger partial charge in [0.05, 0.1) is 0 Å². The van der Waals surface area contributed by atoms with Gasteiger partial charge in [0, 0.05) is 11.0 Å². The van der Waals surface area contributed by atoms with Gasteiger partial charge in [-0.3, -0.25) is 0 Å². The molecule has 0 amide bonds. The molecular weight excluding hydrogens is 320 g/mol. The van der Waals surface area contributed by atoms with Gasteiger partial charge in [-0.05, 0) is 31.2 Å². The number of hydrogen-bond donors (Lipinski definition) is 1. The van der Waals surface area contributed by atoms with E-state index in [0.29, 0.717) is 16.0 Å². The minimum absolute atomic E-state index is 0.0839. The lowest BCUT2D eigenvalue weighted by molar-refractivity contribution is 0.173. The fourth-order valence-corrected chi connectivity index (χ4v) is 2.03. The van der Waals surface area contributed by atoms with Crippen molar-refractivity contribution in [2.24, 2.45) is 5.73 Å². The van der Waals surface area contributed by atoms with Gasteiger partial charge in [-0.25, -0.2) is 4.39 Å². The summed E-state index contributed by atoms with van der Waals surface area (Å²) in [5, 5.41) is 0. The third-order valence-electron chi connectivity index (χ3n) is 2.52. The minimum Gasteiger partial charge on any atom is -0.478 e. The van der Waals surface area contributed by atoms with Crippen molar-refractivity contribution in [2.75, 3.05) is 6.54 Å². The second-order valence-electron chi connectivity index (χ2n) is 3.99. The van der Waals surface area contributed by atoms with Crippen LogP contribution in [0.3, 0.4) is 0 Å². The quantitative estimate of drug-likeness (QED) is 0.869. The zero-order valence-corrected chi connectivity index (χ0v) is 11.7. The highest BCUT2D eigenvalue weighted by Crippen LogP contribution is 2.29. The van der Waals surface area contributed by atoms with E-state index >= 15 is 0 Å². The van der Waals surface area contributed by atoms with Crippen molar-refractivity contribution in [3.05, 3.63) is 51.9 Å². The van der Waals surface area contributed by atoms with Crippen molar-refractivity contribution < 1.29 is 17.9 Å². The molecule has 0 saturated heterocycles. The highest BCUT2D eigenvalue weighted by molar-refractivity contribution is 9.10. The van der Waals surface area contributed by atoms with Gasteiger partial charge in [0.15, 0.2) is 17.7 Å². The van der Waals surface area contributed by atoms with Crippen LogP contribution in [0, 0.1) is 18.6 Å². The van der Waals surface area contributed by atoms with Gasteiger partial charge in [0.25, 0.3) is 0 Å². The van der Waals surface area contributed by atoms with Crippen LogP contribution >= 0.6 is 15.9 Å². The monoisotopic (exact) mass is 331 g/mol. The molecular formula is C13H12BrF2NO2. The molecule has 0 aliphatic heterocycles. The summed E-state index contributed by atoms with van der Waals surface area (Å²) in [7, 11) is 0. The van der Waals surface area contributed by atoms with Crippen molar-refractivity contribution in [3.63, 3.8) is 0 Å². The molecule has 19 heavy (non-hydrogen) atoms. The van der Waals surface area contributed by atoms with E-state index in [-0.39, 0.29) is 12.3 Å². The number of rotatable bonds is 4. The standard InChI is InChI=1S/C13H12BrF2NO2/c1-7-2-3-10(18-7)12(6-17)19-11-5-8(14)4-9(15)13(11)16/h2-5,12H,6,17H2,1H3. The zero-order valence-electron chi connectivity index (χ0n) is 10.1. The maximum atomic E-state index is 13.6. The lowest BCUT2D eigenvalue weighted by atomic mass is 10.2. The largest absolute Gasteiger partial charge is 0.478 e. The van der Waals surface area contributed by atoms with E-state index in [1.54, 1.807) is 19.1 Å². The molecule has 1 heterocycles. The van der Waals surface area contributed by atoms with Crippen molar-refractivity contribution in [2.45, 2.75) is 13.0 Å². The highest BCUT2D eigenvalue weighted by atomic mass is 79.9. The van der Waals surface area contributed by atoms with E-state index in [4.69, 9.17) is 14.9 Å². The molecule has 1 aromatic heterocycles. The minimum atomic E-state index is -1.05. The molecule has 0 fully saturated rings. The van der Waals surface area contributed by atoms with Crippen LogP contribution in [-0.4, -0.2) is 6.54 Å². The van der Waals surface area contributed by atoms with Gasteiger partial charge < -0.3 is 14.9 Å². The Labute approximate surface area is 117 Å². The molecule has 1 atom stereocenters. The van der Waals surface area contributed by atoms with Gasteiger partial charge in [0.2, 0.25) is 5.82 Å². The number of ether oxygens (including phenoxy) is 1. The zero-order chi connectivity index (χ0) is 14.0. The van der Waals surface area contributed by atoms with Crippen molar-refractivity contribution in [3.8, 4) is 5.75 Å². The molecule has 1 aromatic carbocycles. The number of halogens is 3. The molecule has 6 heteroatoms. The van der Waals surface area contributed by atoms with Crippen LogP contribution in [0.2, 0.25) is 0 Å². The average molecular weight is 332 g/mol. The molecule has 102 valence electrons. The molecule has 0 aliphatic carbocycles. The summed E-state index contributed by atoms with van der Waals surface area (Å²) < 4.78 is 38.0. The Morgan fingerprint density at radius 1 is 1.37 bits per heavy atom. The van der Waals surface area contributed by atoms with Gasteiger partial charge in [-0.15, -0.1) is 0 Å². The summed E-state index contributed by atoms with van der Waals surface area (Å²) in [6.45, 7) is 1.86. The van der Waals surface area contributed by atoms with Crippen molar-refractivity contribution in [1.82, 2.24) is 0 Å². The third-order valence-corrected chi connectivity index (χ3v) is 2.98. The molecule has 1 unspecified atom stereocenters. The smallest absolute Gasteiger partial charge is 0.200 e. The lowest BCUT2D eigenvalue weighted by Gasteiger charge is -2.16. The van der Waals surface area contributed by atoms with Gasteiger partial charge in [0.1, 0.15) is 11.5 Å². The summed E-state index contributed by atoms with van der Waals surface area (Å²) in [5.74, 6) is -1.09. The van der Waals surface area contributed by atoms with Crippen LogP contribution in [0.15, 0.2) is 33.2 Å². The third kappa shape index (κ3) is 3.13. The van der Waals surface area contributed by atoms with Crippen LogP contribution < -0.4 is 10.5 Å². The first-order valence-corrected chi connectivity index (χ1v) is 6.38. The fourth-order valence-electron chi connectivity index (χ4n) is 1.62. The molecule has 0 spiro atoms. The van der Waals surface area contributed by atoms with Crippen LogP contribution in [0.4, 0.5) is 8.78 Å². The lowest BCUT2D eigenvalue weighted by Crippen LogP contribution is -2.18. The first-order valence-electron chi connectivity index (χ1n) is 5.59. The summed E-state index contributed by atoms with van der Waals surface area (Å²) in [4.78, 5) is 0. The molecule has 2 rings (SSSR count). The van der Waals surface area contributed by atoms with Crippen LogP contribution in [-0.2, 0) is 0 Å². The Balaban J connectivity index is 2.28. The maximum absolute atomic E-state index is 13.6. The number of benzene rings is 1. The van der Waals surface area contributed by atoms with Crippen LogP contribution in [0.25, 0.3) is 0 Å². The van der Waals surface area contributed by atoms with E-state index in [9.17, 15) is 8.78 Å². The first-order chi connectivity index (χ1) is 9.01. The molecule has 2 N–H and O–H groups in total. The predicted molar refractivity (Wildman–Crippen MR) is 69.9 cm³/mol. The normalized spacial score (nSPS) is 12.5. The molecule has 2 aromatic rings. The molecule has 3 nitrogen and oxygen atoms in total. The fraction of sp³-hybridized carbons (Fsp3) is 0.231. The summed E-state index contributed by atoms with van der Waals surface area (Å²) >= 11 is 3.08. The van der Waals surface area contributed by atoms with E-state index in [2.05, 4.69) is 15.9 Å². The van der Waals surface area contributed by atoms with Gasteiger partial charge in [-0.2, -0.15) is 4.39 Å². The van der Waals surface area contributed by atoms with Crippen LogP contribution in [0.5, 0.6) is 5.75 Å². The molecule has 0 bridgehead atoms. The van der Waals surface area contributed by atoms with E-state index < -0.39 is 17.7 Å². The van der Waals surface area contributed by atoms with Crippen LogP contribution in [0.1, 0.15) is 17.6 Å². The Kier molecular flexibility index (Phi) is 4.21. The molecule has 0 aliphatic rings. The second-order valence-corrected chi connectivity index (χ2v) is 4.91. The Morgan fingerprint density at radius 2 is 2.11 bits per heavy atom. The highest BCUT2D eigenvalue weighted by Gasteiger charge is 2.19. The summed E-state index contributed by atoms with van der Waals surface area (Å²) in [5.41, 5.74) is 5.58. The number of furan rings is 1. The maximum Gasteiger partial charge on any atom is 0.200 e. The Hall–Kier alpha value is -1.40. The molecule has 0 radical (unpaired) electrons. The topological polar surface area (TPSA) is 48.4 Å². The van der Waals surface area contributed by atoms with Crippen molar-refractivity contribution in [1.29, 1.82) is 0 Å². The number of hydrogen-bond acceptors (Lipinski definition) is 3. The predicted octanol–water partition coefficient (Wildman–Crippen LogP) is 3.71. The Morgan fingerprint density at radius 3 is 2.68 bits per heavy atom. The number of nitrogens with two attached hydrogens (primary N) is 1. The first kappa shape index (κ1) is 14.0. The van der Waals surface area contributed by atoms with Crippen molar-refractivity contribution >= 4 is 15.9 Å². The van der Waals surface area contributed by atoms with E-state index in [1.807, 2.05) is 0 Å². The van der Waals surface area contributed by atoms with Gasteiger partial charge in [-0.1, -0.05) is 15.9 Å². The second kappa shape index (κ2) is 5.71. The SMILES string of the molecule is Cc1ccc(C(CN)Oc2cc(Br)cc(F)c2F)o1. The van der Waals surface area contributed by atoms with Gasteiger partial charge >= 0.3 is 0 Å². The number of aryl methyl sites for hydroxylation is 1. The Bertz CT molecular complexity index is 586. The summed E-state index contributed by atoms with van der Waals surface area (Å²) in [6, 6.07) is 5.81. The summed E-state index contributed by atoms with van der Waals surface area (Å²) in [6.07, 6.45) is -0.670. The van der Waals surface area contributed by atoms with E-state index in [0.717, 1.165) is 6.07 Å². The molecule has 0 saturated carbocycles. The van der Waals surface area contributed by atoms with E-state index in [1.165, 1.54) is 6.07 Å². The average Bonchev–Trinajstić information content (AvgIpc) is 2.78.